The number of amides is 1. The summed E-state index contributed by atoms with van der Waals surface area (Å²) < 4.78 is 28.7. The lowest BCUT2D eigenvalue weighted by atomic mass is 9.76. The van der Waals surface area contributed by atoms with Gasteiger partial charge in [-0.15, -0.1) is 5.10 Å². The summed E-state index contributed by atoms with van der Waals surface area (Å²) in [5.41, 5.74) is 1.16. The Hall–Kier alpha value is -1.97. The van der Waals surface area contributed by atoms with E-state index in [1.807, 2.05) is 19.9 Å². The molecule has 1 aliphatic heterocycles. The van der Waals surface area contributed by atoms with Crippen LogP contribution in [0.1, 0.15) is 42.1 Å². The van der Waals surface area contributed by atoms with Gasteiger partial charge in [-0.05, 0) is 43.9 Å². The third-order valence-corrected chi connectivity index (χ3v) is 7.85. The zero-order valence-electron chi connectivity index (χ0n) is 17.1. The van der Waals surface area contributed by atoms with E-state index < -0.39 is 10.0 Å². The SMILES string of the molecule is CCn1cc(S(=O)(=O)N2CC(CNC(=O)c3ccc(C)cc3Cl)(CC3CC3)C2)nn1. The fourth-order valence-corrected chi connectivity index (χ4v) is 5.84. The van der Waals surface area contributed by atoms with Crippen LogP contribution in [0.5, 0.6) is 0 Å². The van der Waals surface area contributed by atoms with E-state index in [4.69, 9.17) is 11.6 Å². The Balaban J connectivity index is 1.44. The summed E-state index contributed by atoms with van der Waals surface area (Å²) in [6.07, 6.45) is 4.69. The van der Waals surface area contributed by atoms with Crippen molar-refractivity contribution in [2.75, 3.05) is 19.6 Å². The van der Waals surface area contributed by atoms with E-state index in [9.17, 15) is 13.2 Å². The Kier molecular flexibility index (Phi) is 5.63. The third-order valence-electron chi connectivity index (χ3n) is 5.88. The number of aryl methyl sites for hydroxylation is 2. The third kappa shape index (κ3) is 4.24. The number of nitrogens with zero attached hydrogens (tertiary/aromatic N) is 4. The van der Waals surface area contributed by atoms with Crippen molar-refractivity contribution in [3.63, 3.8) is 0 Å². The standard InChI is InChI=1S/C20H26ClN5O3S/c1-3-25-10-18(23-24-25)30(28,29)26-12-20(13-26,9-15-5-6-15)11-22-19(27)16-7-4-14(2)8-17(16)21/h4,7-8,10,15H,3,5-6,9,11-13H2,1-2H3,(H,22,27). The molecular formula is C20H26ClN5O3S. The molecule has 1 aliphatic carbocycles. The fraction of sp³-hybridized carbons (Fsp3) is 0.550. The zero-order valence-corrected chi connectivity index (χ0v) is 18.7. The van der Waals surface area contributed by atoms with Gasteiger partial charge >= 0.3 is 0 Å². The number of sulfonamides is 1. The van der Waals surface area contributed by atoms with Crippen molar-refractivity contribution >= 4 is 27.5 Å². The first-order chi connectivity index (χ1) is 14.2. The Morgan fingerprint density at radius 1 is 1.33 bits per heavy atom. The van der Waals surface area contributed by atoms with Gasteiger partial charge in [0.05, 0.1) is 16.8 Å². The van der Waals surface area contributed by atoms with E-state index in [0.29, 0.717) is 42.7 Å². The minimum atomic E-state index is -3.68. The largest absolute Gasteiger partial charge is 0.351 e. The lowest BCUT2D eigenvalue weighted by Crippen LogP contribution is -2.62. The first-order valence-electron chi connectivity index (χ1n) is 10.2. The van der Waals surface area contributed by atoms with Crippen molar-refractivity contribution in [1.82, 2.24) is 24.6 Å². The molecule has 1 aromatic carbocycles. The maximum atomic E-state index is 12.9. The monoisotopic (exact) mass is 451 g/mol. The van der Waals surface area contributed by atoms with E-state index in [1.165, 1.54) is 15.2 Å². The summed E-state index contributed by atoms with van der Waals surface area (Å²) in [5.74, 6) is 0.373. The highest BCUT2D eigenvalue weighted by molar-refractivity contribution is 7.89. The Bertz CT molecular complexity index is 1060. The van der Waals surface area contributed by atoms with Gasteiger partial charge in [-0.3, -0.25) is 9.48 Å². The Morgan fingerprint density at radius 2 is 2.07 bits per heavy atom. The van der Waals surface area contributed by atoms with Crippen molar-refractivity contribution in [2.45, 2.75) is 44.7 Å². The van der Waals surface area contributed by atoms with Gasteiger partial charge in [-0.2, -0.15) is 4.31 Å². The normalized spacial score (nSPS) is 18.8. The smallest absolute Gasteiger partial charge is 0.264 e. The van der Waals surface area contributed by atoms with Crippen LogP contribution in [0.15, 0.2) is 29.4 Å². The van der Waals surface area contributed by atoms with Crippen LogP contribution in [0.25, 0.3) is 0 Å². The number of carbonyl (C=O) groups is 1. The van der Waals surface area contributed by atoms with Crippen molar-refractivity contribution in [3.05, 3.63) is 40.5 Å². The first-order valence-corrected chi connectivity index (χ1v) is 12.0. The summed E-state index contributed by atoms with van der Waals surface area (Å²) in [7, 11) is -3.68. The lowest BCUT2D eigenvalue weighted by Gasteiger charge is -2.49. The van der Waals surface area contributed by atoms with Crippen LogP contribution in [-0.2, 0) is 16.6 Å². The highest BCUT2D eigenvalue weighted by atomic mass is 35.5. The topological polar surface area (TPSA) is 97.2 Å². The van der Waals surface area contributed by atoms with Gasteiger partial charge in [-0.1, -0.05) is 35.7 Å². The molecule has 1 N–H and O–H groups in total. The molecule has 2 aromatic rings. The van der Waals surface area contributed by atoms with Crippen molar-refractivity contribution in [3.8, 4) is 0 Å². The van der Waals surface area contributed by atoms with Crippen LogP contribution in [0.3, 0.4) is 0 Å². The second-order valence-electron chi connectivity index (χ2n) is 8.50. The molecule has 0 bridgehead atoms. The molecule has 1 saturated carbocycles. The lowest BCUT2D eigenvalue weighted by molar-refractivity contribution is 0.0505. The molecule has 162 valence electrons. The number of hydrogen-bond donors (Lipinski definition) is 1. The van der Waals surface area contributed by atoms with Crippen LogP contribution < -0.4 is 5.32 Å². The van der Waals surface area contributed by atoms with Crippen LogP contribution in [-0.4, -0.2) is 53.3 Å². The van der Waals surface area contributed by atoms with Gasteiger partial charge in [-0.25, -0.2) is 8.42 Å². The highest BCUT2D eigenvalue weighted by Crippen LogP contribution is 2.46. The fourth-order valence-electron chi connectivity index (χ4n) is 3.97. The van der Waals surface area contributed by atoms with E-state index >= 15 is 0 Å². The van der Waals surface area contributed by atoms with Crippen LogP contribution in [0, 0.1) is 18.3 Å². The number of hydrogen-bond acceptors (Lipinski definition) is 5. The maximum absolute atomic E-state index is 12.9. The van der Waals surface area contributed by atoms with Crippen LogP contribution in [0.4, 0.5) is 0 Å². The van der Waals surface area contributed by atoms with Gasteiger partial charge in [0.2, 0.25) is 5.03 Å². The molecule has 2 heterocycles. The molecule has 0 radical (unpaired) electrons. The van der Waals surface area contributed by atoms with Crippen molar-refractivity contribution in [2.24, 2.45) is 11.3 Å². The molecule has 0 unspecified atom stereocenters. The summed E-state index contributed by atoms with van der Waals surface area (Å²) in [5, 5.41) is 11.0. The minimum absolute atomic E-state index is 0.0279. The molecule has 1 amide bonds. The number of nitrogens with one attached hydrogen (secondary N) is 1. The van der Waals surface area contributed by atoms with E-state index in [-0.39, 0.29) is 16.3 Å². The number of halogens is 1. The zero-order chi connectivity index (χ0) is 21.5. The molecule has 10 heteroatoms. The summed E-state index contributed by atoms with van der Waals surface area (Å²) in [4.78, 5) is 12.7. The van der Waals surface area contributed by atoms with Crippen molar-refractivity contribution < 1.29 is 13.2 Å². The van der Waals surface area contributed by atoms with Gasteiger partial charge in [0.1, 0.15) is 0 Å². The molecule has 0 atom stereocenters. The Labute approximate surface area is 181 Å². The highest BCUT2D eigenvalue weighted by Gasteiger charge is 2.51. The van der Waals surface area contributed by atoms with Gasteiger partial charge in [0, 0.05) is 31.6 Å². The summed E-state index contributed by atoms with van der Waals surface area (Å²) in [6, 6.07) is 5.33. The molecule has 8 nitrogen and oxygen atoms in total. The molecule has 4 rings (SSSR count). The van der Waals surface area contributed by atoms with Crippen LogP contribution >= 0.6 is 11.6 Å². The maximum Gasteiger partial charge on any atom is 0.264 e. The molecule has 2 aliphatic rings. The molecular weight excluding hydrogens is 426 g/mol. The molecule has 0 spiro atoms. The van der Waals surface area contributed by atoms with Gasteiger partial charge < -0.3 is 5.32 Å². The summed E-state index contributed by atoms with van der Waals surface area (Å²) in [6.45, 7) is 5.50. The Morgan fingerprint density at radius 3 is 2.67 bits per heavy atom. The number of carbonyl (C=O) groups excluding carboxylic acids is 1. The second-order valence-corrected chi connectivity index (χ2v) is 10.8. The molecule has 1 aromatic heterocycles. The van der Waals surface area contributed by atoms with E-state index in [1.54, 1.807) is 12.1 Å². The molecule has 1 saturated heterocycles. The summed E-state index contributed by atoms with van der Waals surface area (Å²) >= 11 is 6.22. The van der Waals surface area contributed by atoms with Crippen LogP contribution in [0.2, 0.25) is 5.02 Å². The average molecular weight is 452 g/mol. The molecule has 30 heavy (non-hydrogen) atoms. The van der Waals surface area contributed by atoms with Crippen molar-refractivity contribution in [1.29, 1.82) is 0 Å². The average Bonchev–Trinajstić information content (AvgIpc) is 3.34. The van der Waals surface area contributed by atoms with E-state index in [2.05, 4.69) is 15.6 Å². The predicted octanol–water partition coefficient (Wildman–Crippen LogP) is 2.48. The second kappa shape index (κ2) is 7.94. The minimum Gasteiger partial charge on any atom is -0.351 e. The number of rotatable bonds is 8. The first kappa shape index (κ1) is 21.3. The quantitative estimate of drug-likeness (QED) is 0.665. The van der Waals surface area contributed by atoms with Gasteiger partial charge in [0.25, 0.3) is 15.9 Å². The predicted molar refractivity (Wildman–Crippen MR) is 113 cm³/mol. The van der Waals surface area contributed by atoms with E-state index in [0.717, 1.165) is 24.8 Å². The number of aromatic nitrogens is 3. The van der Waals surface area contributed by atoms with Gasteiger partial charge in [0.15, 0.2) is 0 Å². The number of benzene rings is 1. The molecule has 2 fully saturated rings.